The molecule has 1 rings (SSSR count). The van der Waals surface area contributed by atoms with Crippen LogP contribution in [0, 0.1) is 5.82 Å². The van der Waals surface area contributed by atoms with Crippen molar-refractivity contribution in [3.8, 4) is 0 Å². The highest BCUT2D eigenvalue weighted by Crippen LogP contribution is 2.22. The predicted octanol–water partition coefficient (Wildman–Crippen LogP) is 1.66. The monoisotopic (exact) mass is 306 g/mol. The lowest BCUT2D eigenvalue weighted by Gasteiger charge is -2.24. The lowest BCUT2D eigenvalue weighted by atomic mass is 10.2. The van der Waals surface area contributed by atoms with Crippen LogP contribution in [0.5, 0.6) is 0 Å². The highest BCUT2D eigenvalue weighted by atomic mass is 32.2. The molecule has 0 amide bonds. The van der Waals surface area contributed by atoms with E-state index >= 15 is 0 Å². The number of hydrogen-bond donors (Lipinski definition) is 1. The minimum atomic E-state index is -3.73. The van der Waals surface area contributed by atoms with Gasteiger partial charge in [0.2, 0.25) is 10.0 Å². The normalized spacial score (nSPS) is 13.8. The van der Waals surface area contributed by atoms with E-state index in [0.717, 1.165) is 6.07 Å². The molecule has 0 heterocycles. The van der Waals surface area contributed by atoms with Crippen LogP contribution < -0.4 is 5.73 Å². The van der Waals surface area contributed by atoms with Crippen molar-refractivity contribution in [3.05, 3.63) is 29.6 Å². The van der Waals surface area contributed by atoms with Crippen molar-refractivity contribution in [2.24, 2.45) is 5.73 Å². The molecule has 2 N–H and O–H groups in total. The SMILES string of the molecule is CSCC(C)N(C)S(=O)(=O)c1cc(F)ccc1CN. The molecule has 0 aromatic heterocycles. The summed E-state index contributed by atoms with van der Waals surface area (Å²) >= 11 is 1.56. The molecule has 7 heteroatoms. The predicted molar refractivity (Wildman–Crippen MR) is 77.1 cm³/mol. The molecule has 1 unspecified atom stereocenters. The highest BCUT2D eigenvalue weighted by Gasteiger charge is 2.27. The van der Waals surface area contributed by atoms with E-state index in [2.05, 4.69) is 0 Å². The van der Waals surface area contributed by atoms with Crippen LogP contribution in [-0.2, 0) is 16.6 Å². The zero-order valence-corrected chi connectivity index (χ0v) is 12.9. The number of rotatable bonds is 6. The van der Waals surface area contributed by atoms with Gasteiger partial charge in [-0.1, -0.05) is 6.07 Å². The van der Waals surface area contributed by atoms with E-state index in [4.69, 9.17) is 5.73 Å². The number of sulfonamides is 1. The molecule has 0 radical (unpaired) electrons. The maximum atomic E-state index is 13.3. The van der Waals surface area contributed by atoms with Gasteiger partial charge in [-0.3, -0.25) is 0 Å². The lowest BCUT2D eigenvalue weighted by molar-refractivity contribution is 0.414. The van der Waals surface area contributed by atoms with E-state index in [1.54, 1.807) is 11.8 Å². The third-order valence-corrected chi connectivity index (χ3v) is 5.80. The molecule has 0 saturated heterocycles. The maximum Gasteiger partial charge on any atom is 0.243 e. The van der Waals surface area contributed by atoms with Crippen LogP contribution in [0.3, 0.4) is 0 Å². The maximum absolute atomic E-state index is 13.3. The number of benzene rings is 1. The molecule has 4 nitrogen and oxygen atoms in total. The van der Waals surface area contributed by atoms with Gasteiger partial charge in [-0.25, -0.2) is 12.8 Å². The molecule has 1 aromatic carbocycles. The first-order valence-corrected chi connectivity index (χ1v) is 8.63. The Morgan fingerprint density at radius 3 is 2.63 bits per heavy atom. The summed E-state index contributed by atoms with van der Waals surface area (Å²) < 4.78 is 39.5. The molecule has 0 aliphatic rings. The smallest absolute Gasteiger partial charge is 0.243 e. The molecule has 1 atom stereocenters. The van der Waals surface area contributed by atoms with Crippen molar-refractivity contribution in [3.63, 3.8) is 0 Å². The van der Waals surface area contributed by atoms with Gasteiger partial charge in [-0.05, 0) is 30.9 Å². The van der Waals surface area contributed by atoms with Crippen molar-refractivity contribution < 1.29 is 12.8 Å². The summed E-state index contributed by atoms with van der Waals surface area (Å²) in [6.07, 6.45) is 1.91. The summed E-state index contributed by atoms with van der Waals surface area (Å²) in [4.78, 5) is -0.0505. The van der Waals surface area contributed by atoms with Gasteiger partial charge in [-0.2, -0.15) is 16.1 Å². The highest BCUT2D eigenvalue weighted by molar-refractivity contribution is 7.98. The Bertz CT molecular complexity index is 535. The molecule has 0 spiro atoms. The Labute approximate surface area is 118 Å². The van der Waals surface area contributed by atoms with Crippen molar-refractivity contribution in [2.45, 2.75) is 24.4 Å². The minimum absolute atomic E-state index is 0.0505. The fraction of sp³-hybridized carbons (Fsp3) is 0.500. The van der Waals surface area contributed by atoms with Crippen LogP contribution >= 0.6 is 11.8 Å². The second kappa shape index (κ2) is 6.69. The molecule has 0 bridgehead atoms. The summed E-state index contributed by atoms with van der Waals surface area (Å²) in [5.74, 6) is 0.0879. The fourth-order valence-corrected chi connectivity index (χ4v) is 4.08. The Morgan fingerprint density at radius 2 is 2.11 bits per heavy atom. The van der Waals surface area contributed by atoms with Gasteiger partial charge in [0.05, 0.1) is 4.90 Å². The molecule has 0 fully saturated rings. The van der Waals surface area contributed by atoms with Crippen LogP contribution in [0.25, 0.3) is 0 Å². The number of thioether (sulfide) groups is 1. The first kappa shape index (κ1) is 16.4. The van der Waals surface area contributed by atoms with Gasteiger partial charge in [0.15, 0.2) is 0 Å². The largest absolute Gasteiger partial charge is 0.326 e. The summed E-state index contributed by atoms with van der Waals surface area (Å²) in [7, 11) is -2.22. The first-order chi connectivity index (χ1) is 8.84. The van der Waals surface area contributed by atoms with Crippen LogP contribution in [0.15, 0.2) is 23.1 Å². The Hall–Kier alpha value is -0.630. The summed E-state index contributed by atoms with van der Waals surface area (Å²) in [5.41, 5.74) is 5.94. The molecular weight excluding hydrogens is 287 g/mol. The standard InChI is InChI=1S/C12H19FN2O2S2/c1-9(8-18-3)15(2)19(16,17)12-6-11(13)5-4-10(12)7-14/h4-6,9H,7-8,14H2,1-3H3. The first-order valence-electron chi connectivity index (χ1n) is 5.80. The summed E-state index contributed by atoms with van der Waals surface area (Å²) in [6.45, 7) is 1.87. The average Bonchev–Trinajstić information content (AvgIpc) is 2.38. The topological polar surface area (TPSA) is 63.4 Å². The third kappa shape index (κ3) is 3.68. The Morgan fingerprint density at radius 1 is 1.47 bits per heavy atom. The number of nitrogens with two attached hydrogens (primary N) is 1. The minimum Gasteiger partial charge on any atom is -0.326 e. The quantitative estimate of drug-likeness (QED) is 0.868. The Balaban J connectivity index is 3.23. The number of hydrogen-bond acceptors (Lipinski definition) is 4. The third-order valence-electron chi connectivity index (χ3n) is 2.93. The van der Waals surface area contributed by atoms with Crippen molar-refractivity contribution >= 4 is 21.8 Å². The van der Waals surface area contributed by atoms with E-state index in [9.17, 15) is 12.8 Å². The van der Waals surface area contributed by atoms with Crippen LogP contribution in [0.1, 0.15) is 12.5 Å². The molecular formula is C12H19FN2O2S2. The zero-order valence-electron chi connectivity index (χ0n) is 11.3. The number of nitrogens with zero attached hydrogens (tertiary/aromatic N) is 1. The van der Waals surface area contributed by atoms with Gasteiger partial charge in [-0.15, -0.1) is 0 Å². The molecule has 19 heavy (non-hydrogen) atoms. The fourth-order valence-electron chi connectivity index (χ4n) is 1.68. The van der Waals surface area contributed by atoms with E-state index in [1.807, 2.05) is 13.2 Å². The van der Waals surface area contributed by atoms with Crippen LogP contribution in [0.2, 0.25) is 0 Å². The molecule has 0 saturated carbocycles. The number of halogens is 1. The summed E-state index contributed by atoms with van der Waals surface area (Å²) in [5, 5.41) is 0. The second-order valence-electron chi connectivity index (χ2n) is 4.28. The molecule has 0 aliphatic carbocycles. The van der Waals surface area contributed by atoms with E-state index in [0.29, 0.717) is 11.3 Å². The molecule has 0 aliphatic heterocycles. The Kier molecular flexibility index (Phi) is 5.79. The van der Waals surface area contributed by atoms with Crippen molar-refractivity contribution in [1.29, 1.82) is 0 Å². The van der Waals surface area contributed by atoms with E-state index in [-0.39, 0.29) is 17.5 Å². The van der Waals surface area contributed by atoms with Crippen LogP contribution in [0.4, 0.5) is 4.39 Å². The lowest BCUT2D eigenvalue weighted by Crippen LogP contribution is -2.37. The molecule has 1 aromatic rings. The van der Waals surface area contributed by atoms with Gasteiger partial charge in [0.25, 0.3) is 0 Å². The van der Waals surface area contributed by atoms with Gasteiger partial charge >= 0.3 is 0 Å². The van der Waals surface area contributed by atoms with Crippen molar-refractivity contribution in [2.75, 3.05) is 19.1 Å². The van der Waals surface area contributed by atoms with E-state index < -0.39 is 15.8 Å². The average molecular weight is 306 g/mol. The van der Waals surface area contributed by atoms with Crippen LogP contribution in [-0.4, -0.2) is 37.8 Å². The summed E-state index contributed by atoms with van der Waals surface area (Å²) in [6, 6.07) is 3.48. The van der Waals surface area contributed by atoms with Gasteiger partial charge in [0, 0.05) is 25.4 Å². The van der Waals surface area contributed by atoms with Gasteiger partial charge in [0.1, 0.15) is 5.82 Å². The zero-order chi connectivity index (χ0) is 14.6. The van der Waals surface area contributed by atoms with Crippen molar-refractivity contribution in [1.82, 2.24) is 4.31 Å². The molecule has 108 valence electrons. The van der Waals surface area contributed by atoms with E-state index in [1.165, 1.54) is 23.5 Å². The van der Waals surface area contributed by atoms with Gasteiger partial charge < -0.3 is 5.73 Å². The second-order valence-corrected chi connectivity index (χ2v) is 7.16.